The van der Waals surface area contributed by atoms with Gasteiger partial charge in [-0.25, -0.2) is 9.67 Å². The second kappa shape index (κ2) is 10.1. The number of piperazine rings is 1. The number of ether oxygens (including phenoxy) is 1. The van der Waals surface area contributed by atoms with Gasteiger partial charge < -0.3 is 14.6 Å². The van der Waals surface area contributed by atoms with Crippen molar-refractivity contribution < 1.29 is 14.6 Å². The highest BCUT2D eigenvalue weighted by Crippen LogP contribution is 2.37. The summed E-state index contributed by atoms with van der Waals surface area (Å²) in [4.78, 5) is 19.9. The summed E-state index contributed by atoms with van der Waals surface area (Å²) in [5.41, 5.74) is 1.31. The van der Waals surface area contributed by atoms with Gasteiger partial charge in [0, 0.05) is 57.6 Å². The van der Waals surface area contributed by atoms with Crippen molar-refractivity contribution in [2.45, 2.75) is 38.5 Å². The number of aromatic nitrogens is 4. The van der Waals surface area contributed by atoms with E-state index in [0.29, 0.717) is 41.9 Å². The van der Waals surface area contributed by atoms with Crippen molar-refractivity contribution in [3.05, 3.63) is 39.5 Å². The van der Waals surface area contributed by atoms with Gasteiger partial charge in [-0.3, -0.25) is 9.80 Å². The third-order valence-corrected chi connectivity index (χ3v) is 7.45. The first kappa shape index (κ1) is 24.6. The normalized spacial score (nSPS) is 19.1. The van der Waals surface area contributed by atoms with E-state index in [9.17, 15) is 9.90 Å². The zero-order valence-corrected chi connectivity index (χ0v) is 21.9. The molecular formula is C24H28BrClN6O3. The number of fused-ring (bicyclic) bond motifs is 1. The number of pyridine rings is 1. The smallest absolute Gasteiger partial charge is 0.223 e. The fourth-order valence-corrected chi connectivity index (χ4v) is 5.04. The van der Waals surface area contributed by atoms with E-state index >= 15 is 0 Å². The molecule has 0 spiro atoms. The van der Waals surface area contributed by atoms with Gasteiger partial charge in [0.15, 0.2) is 6.29 Å². The number of hydrogen-bond donors (Lipinski definition) is 1. The Labute approximate surface area is 217 Å². The van der Waals surface area contributed by atoms with Crippen LogP contribution in [0, 0.1) is 5.92 Å². The first-order chi connectivity index (χ1) is 16.8. The van der Waals surface area contributed by atoms with Gasteiger partial charge in [0.05, 0.1) is 15.0 Å². The number of benzene rings is 1. The summed E-state index contributed by atoms with van der Waals surface area (Å²) in [5, 5.41) is 19.3. The van der Waals surface area contributed by atoms with Crippen molar-refractivity contribution in [3.8, 4) is 11.6 Å². The molecule has 0 radical (unpaired) electrons. The lowest BCUT2D eigenvalue weighted by atomic mass is 10.1. The van der Waals surface area contributed by atoms with E-state index in [1.165, 1.54) is 19.8 Å². The summed E-state index contributed by atoms with van der Waals surface area (Å²) in [7, 11) is 0. The van der Waals surface area contributed by atoms with Gasteiger partial charge in [-0.2, -0.15) is 0 Å². The summed E-state index contributed by atoms with van der Waals surface area (Å²) in [6.45, 7) is 6.49. The van der Waals surface area contributed by atoms with E-state index in [-0.39, 0.29) is 0 Å². The van der Waals surface area contributed by atoms with Crippen molar-refractivity contribution in [2.75, 3.05) is 32.7 Å². The second-order valence-corrected chi connectivity index (χ2v) is 10.9. The number of halogens is 2. The van der Waals surface area contributed by atoms with E-state index in [1.807, 2.05) is 22.9 Å². The Kier molecular flexibility index (Phi) is 7.09. The minimum atomic E-state index is -1.32. The van der Waals surface area contributed by atoms with Crippen molar-refractivity contribution in [3.63, 3.8) is 0 Å². The zero-order chi connectivity index (χ0) is 24.6. The monoisotopic (exact) mass is 562 g/mol. The molecule has 2 fully saturated rings. The summed E-state index contributed by atoms with van der Waals surface area (Å²) < 4.78 is 8.95. The van der Waals surface area contributed by atoms with Crippen molar-refractivity contribution >= 4 is 44.9 Å². The topological polar surface area (TPSA) is 96.6 Å². The number of aliphatic hydroxyl groups is 1. The van der Waals surface area contributed by atoms with Crippen LogP contribution in [-0.2, 0) is 17.9 Å². The molecule has 1 saturated heterocycles. The summed E-state index contributed by atoms with van der Waals surface area (Å²) in [5.74, 6) is 1.81. The Hall–Kier alpha value is -2.11. The highest BCUT2D eigenvalue weighted by Gasteiger charge is 2.27. The van der Waals surface area contributed by atoms with Gasteiger partial charge in [0.2, 0.25) is 5.88 Å². The number of rotatable bonds is 9. The van der Waals surface area contributed by atoms with Gasteiger partial charge in [-0.15, -0.1) is 5.10 Å². The van der Waals surface area contributed by atoms with Gasteiger partial charge in [0.25, 0.3) is 0 Å². The molecule has 2 aliphatic rings. The zero-order valence-electron chi connectivity index (χ0n) is 19.5. The molecule has 0 amide bonds. The molecule has 11 heteroatoms. The number of carbonyl (C=O) groups is 1. The lowest BCUT2D eigenvalue weighted by Crippen LogP contribution is -2.51. The van der Waals surface area contributed by atoms with Crippen LogP contribution in [0.25, 0.3) is 11.0 Å². The maximum absolute atomic E-state index is 11.0. The Balaban J connectivity index is 1.29. The molecule has 0 bridgehead atoms. The van der Waals surface area contributed by atoms with Crippen LogP contribution in [0.3, 0.4) is 0 Å². The molecule has 1 unspecified atom stereocenters. The second-order valence-electron chi connectivity index (χ2n) is 9.71. The van der Waals surface area contributed by atoms with E-state index in [0.717, 1.165) is 53.8 Å². The van der Waals surface area contributed by atoms with Crippen molar-refractivity contribution in [1.29, 1.82) is 0 Å². The SMILES string of the molecule is CC(O)(C=O)CN1CCN(Cc2cc(Cl)cnc2Oc2ccc3c(nnn3CC3CC3)c2Br)CC1. The number of β-amino-alcohol motifs (C(OH)–C–C–N with tert-alkyl or cyclic N) is 1. The Morgan fingerprint density at radius 1 is 1.26 bits per heavy atom. The summed E-state index contributed by atoms with van der Waals surface area (Å²) in [6.07, 6.45) is 4.69. The van der Waals surface area contributed by atoms with E-state index in [1.54, 1.807) is 6.20 Å². The molecule has 2 aromatic heterocycles. The van der Waals surface area contributed by atoms with Gasteiger partial charge in [-0.05, 0) is 59.8 Å². The predicted octanol–water partition coefficient (Wildman–Crippen LogP) is 3.51. The van der Waals surface area contributed by atoms with Crippen LogP contribution in [-0.4, -0.2) is 79.5 Å². The first-order valence-corrected chi connectivity index (χ1v) is 13.0. The third kappa shape index (κ3) is 5.83. The standard InChI is InChI=1S/C24H28BrClN6O3/c1-24(34,15-33)14-31-8-6-30(7-9-31)13-17-10-18(26)11-27-23(17)35-20-5-4-19-22(21(20)25)28-29-32(19)12-16-2-3-16/h4-5,10-11,15-16,34H,2-3,6-9,12-14H2,1H3. The van der Waals surface area contributed by atoms with Crippen LogP contribution < -0.4 is 4.74 Å². The van der Waals surface area contributed by atoms with Crippen LogP contribution in [0.5, 0.6) is 11.6 Å². The average molecular weight is 564 g/mol. The molecule has 1 N–H and O–H groups in total. The third-order valence-electron chi connectivity index (χ3n) is 6.47. The maximum atomic E-state index is 11.0. The van der Waals surface area contributed by atoms with Gasteiger partial charge in [-0.1, -0.05) is 16.8 Å². The largest absolute Gasteiger partial charge is 0.437 e. The predicted molar refractivity (Wildman–Crippen MR) is 136 cm³/mol. The molecular weight excluding hydrogens is 536 g/mol. The lowest BCUT2D eigenvalue weighted by Gasteiger charge is -2.36. The van der Waals surface area contributed by atoms with E-state index < -0.39 is 5.60 Å². The molecule has 3 aromatic rings. The minimum absolute atomic E-state index is 0.333. The molecule has 9 nitrogen and oxygen atoms in total. The van der Waals surface area contributed by atoms with E-state index in [4.69, 9.17) is 16.3 Å². The molecule has 35 heavy (non-hydrogen) atoms. The minimum Gasteiger partial charge on any atom is -0.437 e. The van der Waals surface area contributed by atoms with Crippen LogP contribution in [0.2, 0.25) is 5.02 Å². The maximum Gasteiger partial charge on any atom is 0.223 e. The molecule has 5 rings (SSSR count). The number of carbonyl (C=O) groups excluding carboxylic acids is 1. The first-order valence-electron chi connectivity index (χ1n) is 11.8. The molecule has 3 heterocycles. The average Bonchev–Trinajstić information content (AvgIpc) is 3.56. The molecule has 1 atom stereocenters. The Bertz CT molecular complexity index is 1220. The highest BCUT2D eigenvalue weighted by atomic mass is 79.9. The van der Waals surface area contributed by atoms with Crippen LogP contribution in [0.4, 0.5) is 0 Å². The van der Waals surface area contributed by atoms with Crippen molar-refractivity contribution in [2.24, 2.45) is 5.92 Å². The summed E-state index contributed by atoms with van der Waals surface area (Å²) in [6, 6.07) is 5.78. The van der Waals surface area contributed by atoms with Crippen LogP contribution in [0.15, 0.2) is 28.9 Å². The van der Waals surface area contributed by atoms with Crippen LogP contribution >= 0.6 is 27.5 Å². The molecule has 1 aliphatic carbocycles. The van der Waals surface area contributed by atoms with E-state index in [2.05, 4.69) is 41.0 Å². The molecule has 1 aromatic carbocycles. The molecule has 1 aliphatic heterocycles. The molecule has 1 saturated carbocycles. The Morgan fingerprint density at radius 3 is 2.71 bits per heavy atom. The van der Waals surface area contributed by atoms with Gasteiger partial charge in [0.1, 0.15) is 16.9 Å². The molecule has 186 valence electrons. The van der Waals surface area contributed by atoms with Crippen LogP contribution in [0.1, 0.15) is 25.3 Å². The van der Waals surface area contributed by atoms with Crippen molar-refractivity contribution in [1.82, 2.24) is 29.8 Å². The summed E-state index contributed by atoms with van der Waals surface area (Å²) >= 11 is 9.92. The fraction of sp³-hybridized carbons (Fsp3) is 0.500. The number of nitrogens with zero attached hydrogens (tertiary/aromatic N) is 6. The lowest BCUT2D eigenvalue weighted by molar-refractivity contribution is -0.124. The van der Waals surface area contributed by atoms with Gasteiger partial charge >= 0.3 is 0 Å². The number of aldehydes is 1. The fourth-order valence-electron chi connectivity index (χ4n) is 4.36. The Morgan fingerprint density at radius 2 is 2.00 bits per heavy atom. The quantitative estimate of drug-likeness (QED) is 0.395. The number of hydrogen-bond acceptors (Lipinski definition) is 8. The highest BCUT2D eigenvalue weighted by molar-refractivity contribution is 9.10.